The van der Waals surface area contributed by atoms with Crippen LogP contribution in [-0.4, -0.2) is 28.9 Å². The molecule has 0 aliphatic heterocycles. The molecule has 0 unspecified atom stereocenters. The van der Waals surface area contributed by atoms with E-state index >= 15 is 0 Å². The lowest BCUT2D eigenvalue weighted by Crippen LogP contribution is -2.34. The molecule has 0 aliphatic carbocycles. The lowest BCUT2D eigenvalue weighted by atomic mass is 10.1. The number of hydrogen-bond donors (Lipinski definition) is 2. The fourth-order valence-corrected chi connectivity index (χ4v) is 2.28. The monoisotopic (exact) mass is 422 g/mol. The first-order valence-corrected chi connectivity index (χ1v) is 7.67. The summed E-state index contributed by atoms with van der Waals surface area (Å²) >= 11 is 0. The Morgan fingerprint density at radius 1 is 1.28 bits per heavy atom. The Balaban J connectivity index is 2.34. The zero-order valence-electron chi connectivity index (χ0n) is 14.3. The SMILES string of the molecule is N#Cc1ccc(N(Cc2noc(CNC(N)=O)n2)CC(F)(F)F)cc1C(F)(F)F. The van der Waals surface area contributed by atoms with Gasteiger partial charge in [-0.05, 0) is 18.2 Å². The standard InChI is InChI=1S/C15H12F6N6O2/c16-14(17,18)7-27(6-11-25-12(29-26-11)5-24-13(23)28)9-2-1-8(4-22)10(3-9)15(19,20)21/h1-3H,5-7H2,(H3,23,24,28). The van der Waals surface area contributed by atoms with Crippen molar-refractivity contribution in [2.75, 3.05) is 11.4 Å². The third kappa shape index (κ3) is 6.26. The van der Waals surface area contributed by atoms with E-state index < -0.39 is 48.3 Å². The van der Waals surface area contributed by atoms with Gasteiger partial charge in [0.2, 0.25) is 5.89 Å². The van der Waals surface area contributed by atoms with E-state index in [2.05, 4.69) is 15.5 Å². The minimum absolute atomic E-state index is 0.165. The van der Waals surface area contributed by atoms with E-state index in [0.29, 0.717) is 11.0 Å². The highest BCUT2D eigenvalue weighted by molar-refractivity contribution is 5.71. The van der Waals surface area contributed by atoms with Crippen LogP contribution in [0.4, 0.5) is 36.8 Å². The lowest BCUT2D eigenvalue weighted by molar-refractivity contribution is -0.137. The maximum absolute atomic E-state index is 13.1. The number of halogens is 6. The highest BCUT2D eigenvalue weighted by atomic mass is 19.4. The Labute approximate surface area is 158 Å². The van der Waals surface area contributed by atoms with Crippen LogP contribution in [0.2, 0.25) is 0 Å². The lowest BCUT2D eigenvalue weighted by Gasteiger charge is -2.25. The number of carbonyl (C=O) groups is 1. The van der Waals surface area contributed by atoms with Crippen LogP contribution in [0.3, 0.4) is 0 Å². The van der Waals surface area contributed by atoms with Gasteiger partial charge in [0, 0.05) is 5.69 Å². The predicted molar refractivity (Wildman–Crippen MR) is 84.0 cm³/mol. The summed E-state index contributed by atoms with van der Waals surface area (Å²) in [6.07, 6.45) is -9.70. The van der Waals surface area contributed by atoms with E-state index in [-0.39, 0.29) is 18.3 Å². The van der Waals surface area contributed by atoms with E-state index in [0.717, 1.165) is 12.1 Å². The molecule has 2 aromatic rings. The van der Waals surface area contributed by atoms with Crippen LogP contribution in [0.25, 0.3) is 0 Å². The maximum atomic E-state index is 13.1. The van der Waals surface area contributed by atoms with Gasteiger partial charge in [0.25, 0.3) is 0 Å². The van der Waals surface area contributed by atoms with Crippen LogP contribution in [-0.2, 0) is 19.3 Å². The van der Waals surface area contributed by atoms with Crippen molar-refractivity contribution in [3.05, 3.63) is 41.0 Å². The molecule has 0 radical (unpaired) electrons. The quantitative estimate of drug-likeness (QED) is 0.691. The zero-order valence-corrected chi connectivity index (χ0v) is 14.3. The number of aromatic nitrogens is 2. The molecule has 1 heterocycles. The number of anilines is 1. The Bertz CT molecular complexity index is 917. The first-order chi connectivity index (χ1) is 13.4. The van der Waals surface area contributed by atoms with Crippen molar-refractivity contribution in [3.8, 4) is 6.07 Å². The van der Waals surface area contributed by atoms with Gasteiger partial charge in [-0.2, -0.15) is 36.6 Å². The van der Waals surface area contributed by atoms with Gasteiger partial charge in [-0.1, -0.05) is 5.16 Å². The number of urea groups is 1. The number of nitrogens with zero attached hydrogens (tertiary/aromatic N) is 4. The van der Waals surface area contributed by atoms with Crippen LogP contribution in [0, 0.1) is 11.3 Å². The van der Waals surface area contributed by atoms with E-state index in [9.17, 15) is 31.1 Å². The molecular formula is C15H12F6N6O2. The van der Waals surface area contributed by atoms with Gasteiger partial charge >= 0.3 is 18.4 Å². The van der Waals surface area contributed by atoms with Gasteiger partial charge in [0.15, 0.2) is 5.82 Å². The average molecular weight is 422 g/mol. The van der Waals surface area contributed by atoms with Crippen LogP contribution < -0.4 is 16.0 Å². The van der Waals surface area contributed by atoms with Crippen LogP contribution >= 0.6 is 0 Å². The van der Waals surface area contributed by atoms with Crippen molar-refractivity contribution in [1.29, 1.82) is 5.26 Å². The minimum atomic E-state index is -4.94. The molecule has 0 spiro atoms. The number of nitrogens with two attached hydrogens (primary N) is 1. The summed E-state index contributed by atoms with van der Waals surface area (Å²) in [5.41, 5.74) is 2.31. The molecule has 3 N–H and O–H groups in total. The van der Waals surface area contributed by atoms with E-state index in [1.807, 2.05) is 0 Å². The second-order valence-electron chi connectivity index (χ2n) is 5.63. The summed E-state index contributed by atoms with van der Waals surface area (Å²) in [4.78, 5) is 14.9. The first kappa shape index (κ1) is 21.8. The molecule has 29 heavy (non-hydrogen) atoms. The second-order valence-corrected chi connectivity index (χ2v) is 5.63. The van der Waals surface area contributed by atoms with Crippen LogP contribution in [0.1, 0.15) is 22.8 Å². The van der Waals surface area contributed by atoms with Gasteiger partial charge in [-0.3, -0.25) is 0 Å². The summed E-state index contributed by atoms with van der Waals surface area (Å²) in [5, 5.41) is 14.4. The number of alkyl halides is 6. The van der Waals surface area contributed by atoms with Crippen molar-refractivity contribution in [2.24, 2.45) is 5.73 Å². The highest BCUT2D eigenvalue weighted by Crippen LogP contribution is 2.35. The number of rotatable bonds is 6. The van der Waals surface area contributed by atoms with Gasteiger partial charge in [-0.15, -0.1) is 0 Å². The fraction of sp³-hybridized carbons (Fsp3) is 0.333. The number of nitriles is 1. The third-order valence-corrected chi connectivity index (χ3v) is 3.42. The number of nitrogens with one attached hydrogen (secondary N) is 1. The van der Waals surface area contributed by atoms with Crippen LogP contribution in [0.15, 0.2) is 22.7 Å². The Morgan fingerprint density at radius 2 is 1.97 bits per heavy atom. The van der Waals surface area contributed by atoms with Crippen molar-refractivity contribution >= 4 is 11.7 Å². The zero-order chi connectivity index (χ0) is 21.8. The normalized spacial score (nSPS) is 11.8. The number of carbonyl (C=O) groups excluding carboxylic acids is 1. The number of hydrogen-bond acceptors (Lipinski definition) is 6. The largest absolute Gasteiger partial charge is 0.417 e. The summed E-state index contributed by atoms with van der Waals surface area (Å²) in [5.74, 6) is -0.435. The number of amides is 2. The van der Waals surface area contributed by atoms with Crippen molar-refractivity contribution in [1.82, 2.24) is 15.5 Å². The van der Waals surface area contributed by atoms with E-state index in [1.165, 1.54) is 6.07 Å². The predicted octanol–water partition coefficient (Wildman–Crippen LogP) is 2.70. The molecule has 0 saturated carbocycles. The second kappa shape index (κ2) is 8.25. The van der Waals surface area contributed by atoms with E-state index in [4.69, 9.17) is 15.5 Å². The Morgan fingerprint density at radius 3 is 2.52 bits per heavy atom. The summed E-state index contributed by atoms with van der Waals surface area (Å²) in [7, 11) is 0. The molecule has 0 aliphatic rings. The van der Waals surface area contributed by atoms with Gasteiger partial charge in [0.05, 0.1) is 30.3 Å². The molecule has 0 saturated heterocycles. The Hall–Kier alpha value is -3.50. The molecule has 0 bridgehead atoms. The smallest absolute Gasteiger partial charge is 0.355 e. The fourth-order valence-electron chi connectivity index (χ4n) is 2.28. The highest BCUT2D eigenvalue weighted by Gasteiger charge is 2.36. The van der Waals surface area contributed by atoms with Gasteiger partial charge in [0.1, 0.15) is 6.54 Å². The molecular weight excluding hydrogens is 410 g/mol. The molecule has 2 rings (SSSR count). The van der Waals surface area contributed by atoms with Gasteiger partial charge < -0.3 is 20.5 Å². The molecule has 8 nitrogen and oxygen atoms in total. The molecule has 1 aromatic heterocycles. The maximum Gasteiger partial charge on any atom is 0.417 e. The Kier molecular flexibility index (Phi) is 6.20. The average Bonchev–Trinajstić information content (AvgIpc) is 3.04. The molecule has 2 amide bonds. The first-order valence-electron chi connectivity index (χ1n) is 7.67. The summed E-state index contributed by atoms with van der Waals surface area (Å²) in [6, 6.07) is 2.62. The van der Waals surface area contributed by atoms with Crippen molar-refractivity contribution in [2.45, 2.75) is 25.4 Å². The molecule has 156 valence electrons. The topological polar surface area (TPSA) is 121 Å². The van der Waals surface area contributed by atoms with Crippen molar-refractivity contribution < 1.29 is 35.7 Å². The third-order valence-electron chi connectivity index (χ3n) is 3.42. The van der Waals surface area contributed by atoms with E-state index in [1.54, 1.807) is 0 Å². The summed E-state index contributed by atoms with van der Waals surface area (Å²) in [6.45, 7) is -2.54. The minimum Gasteiger partial charge on any atom is -0.355 e. The molecule has 14 heteroatoms. The number of primary amides is 1. The van der Waals surface area contributed by atoms with Gasteiger partial charge in [-0.25, -0.2) is 4.79 Å². The molecule has 1 aromatic carbocycles. The van der Waals surface area contributed by atoms with Crippen LogP contribution in [0.5, 0.6) is 0 Å². The molecule has 0 atom stereocenters. The van der Waals surface area contributed by atoms with Crippen molar-refractivity contribution in [3.63, 3.8) is 0 Å². The molecule has 0 fully saturated rings. The summed E-state index contributed by atoms with van der Waals surface area (Å²) < 4.78 is 82.9. The number of benzene rings is 1.